The minimum atomic E-state index is -0.367. The van der Waals surface area contributed by atoms with Gasteiger partial charge in [0.25, 0.3) is 0 Å². The number of rotatable bonds is 2. The van der Waals surface area contributed by atoms with Gasteiger partial charge >= 0.3 is 0 Å². The fourth-order valence-electron chi connectivity index (χ4n) is 0.120. The van der Waals surface area contributed by atoms with E-state index in [1.54, 1.807) is 0 Å². The zero-order chi connectivity index (χ0) is 6.41. The van der Waals surface area contributed by atoms with E-state index in [4.69, 9.17) is 1.37 Å². The Labute approximate surface area is 42.5 Å². The first-order chi connectivity index (χ1) is 3.81. The molecule has 0 aromatic rings. The highest BCUT2D eigenvalue weighted by molar-refractivity contribution is 5.78. The zero-order valence-electron chi connectivity index (χ0n) is 4.68. The van der Waals surface area contributed by atoms with Crippen LogP contribution in [0.2, 0.25) is 0 Å². The van der Waals surface area contributed by atoms with Gasteiger partial charge < -0.3 is 0 Å². The van der Waals surface area contributed by atoms with E-state index in [1.807, 2.05) is 0 Å². The monoisotopic (exact) mass is 100 g/mol. The van der Waals surface area contributed by atoms with E-state index in [9.17, 15) is 9.59 Å². The summed E-state index contributed by atoms with van der Waals surface area (Å²) < 4.78 is 6.45. The lowest BCUT2D eigenvalue weighted by atomic mass is 10.5. The maximum absolute atomic E-state index is 10.1. The van der Waals surface area contributed by atoms with E-state index in [-0.39, 0.29) is 19.2 Å². The minimum absolute atomic E-state index is 0.201. The number of aliphatic imine (C=N–C) groups is 1. The highest BCUT2D eigenvalue weighted by atomic mass is 16.1. The molecule has 0 bridgehead atoms. The van der Waals surface area contributed by atoms with E-state index in [1.165, 1.54) is 6.08 Å². The number of carbonyl (C=O) groups excluding carboxylic acids is 2. The zero-order valence-corrected chi connectivity index (χ0v) is 3.68. The Morgan fingerprint density at radius 1 is 2.14 bits per heavy atom. The summed E-state index contributed by atoms with van der Waals surface area (Å²) in [4.78, 5) is 22.4. The van der Waals surface area contributed by atoms with Gasteiger partial charge in [-0.2, -0.15) is 4.99 Å². The molecule has 3 heteroatoms. The van der Waals surface area contributed by atoms with Crippen molar-refractivity contribution >= 4 is 11.9 Å². The molecule has 7 heavy (non-hydrogen) atoms. The maximum atomic E-state index is 10.1. The Morgan fingerprint density at radius 2 is 2.86 bits per heavy atom. The van der Waals surface area contributed by atoms with Gasteiger partial charge in [0.1, 0.15) is 6.54 Å². The molecule has 0 fully saturated rings. The first-order valence-electron chi connectivity index (χ1n) is 2.36. The van der Waals surface area contributed by atoms with Gasteiger partial charge in [0, 0.05) is 1.37 Å². The standard InChI is InChI=1S/C4H5NO2/c1-4(7)2-5-3-6/h2H2,1H3/i1D. The molecule has 0 saturated heterocycles. The molecule has 0 atom stereocenters. The number of isocyanates is 1. The molecule has 3 nitrogen and oxygen atoms in total. The normalized spacial score (nSPS) is 8.86. The third kappa shape index (κ3) is 5.05. The van der Waals surface area contributed by atoms with Crippen LogP contribution in [0.4, 0.5) is 0 Å². The number of hydrogen-bond donors (Lipinski definition) is 0. The van der Waals surface area contributed by atoms with Gasteiger partial charge in [0.05, 0.1) is 0 Å². The van der Waals surface area contributed by atoms with Gasteiger partial charge in [-0.05, 0) is 6.90 Å². The van der Waals surface area contributed by atoms with Crippen molar-refractivity contribution in [2.24, 2.45) is 4.99 Å². The van der Waals surface area contributed by atoms with Crippen molar-refractivity contribution in [2.75, 3.05) is 6.54 Å². The molecule has 0 aliphatic heterocycles. The van der Waals surface area contributed by atoms with E-state index in [0.29, 0.717) is 0 Å². The van der Waals surface area contributed by atoms with Crippen LogP contribution < -0.4 is 0 Å². The van der Waals surface area contributed by atoms with Crippen LogP contribution in [0, 0.1) is 0 Å². The van der Waals surface area contributed by atoms with Crippen LogP contribution in [0.3, 0.4) is 0 Å². The lowest BCUT2D eigenvalue weighted by Crippen LogP contribution is -1.92. The molecule has 0 aromatic heterocycles. The summed E-state index contributed by atoms with van der Waals surface area (Å²) in [6.07, 6.45) is 1.20. The van der Waals surface area contributed by atoms with E-state index in [0.717, 1.165) is 0 Å². The largest absolute Gasteiger partial charge is 0.298 e. The second-order valence-corrected chi connectivity index (χ2v) is 0.946. The van der Waals surface area contributed by atoms with Crippen molar-refractivity contribution in [2.45, 2.75) is 6.90 Å². The van der Waals surface area contributed by atoms with Crippen LogP contribution in [-0.2, 0) is 9.59 Å². The summed E-state index contributed by atoms with van der Waals surface area (Å²) in [5.41, 5.74) is 0. The number of carbonyl (C=O) groups is 1. The summed E-state index contributed by atoms with van der Waals surface area (Å²) in [5.74, 6) is -0.367. The average Bonchev–Trinajstić information content (AvgIpc) is 1.83. The third-order valence-electron chi connectivity index (χ3n) is 0.320. The lowest BCUT2D eigenvalue weighted by molar-refractivity contribution is -0.115. The van der Waals surface area contributed by atoms with Crippen LogP contribution in [0.25, 0.3) is 0 Å². The number of Topliss-reactive ketones (excluding diaryl/α,β-unsaturated/α-hetero) is 1. The van der Waals surface area contributed by atoms with Crippen molar-refractivity contribution in [1.29, 1.82) is 0 Å². The van der Waals surface area contributed by atoms with Crippen LogP contribution in [0.1, 0.15) is 8.27 Å². The summed E-state index contributed by atoms with van der Waals surface area (Å²) in [6.45, 7) is -0.516. The number of ketones is 1. The summed E-state index contributed by atoms with van der Waals surface area (Å²) in [5, 5.41) is 0. The molecule has 0 rings (SSSR count). The number of nitrogens with zero attached hydrogens (tertiary/aromatic N) is 1. The highest BCUT2D eigenvalue weighted by Gasteiger charge is 1.83. The Kier molecular flexibility index (Phi) is 1.96. The second kappa shape index (κ2) is 3.25. The topological polar surface area (TPSA) is 46.5 Å². The number of hydrogen-bond acceptors (Lipinski definition) is 3. The molecule has 0 spiro atoms. The summed E-state index contributed by atoms with van der Waals surface area (Å²) in [6, 6.07) is 0. The van der Waals surface area contributed by atoms with Gasteiger partial charge in [0.15, 0.2) is 5.78 Å². The molecule has 0 amide bonds. The second-order valence-electron chi connectivity index (χ2n) is 0.946. The minimum Gasteiger partial charge on any atom is -0.298 e. The van der Waals surface area contributed by atoms with Crippen molar-refractivity contribution in [3.8, 4) is 0 Å². The highest BCUT2D eigenvalue weighted by Crippen LogP contribution is 1.66. The van der Waals surface area contributed by atoms with Crippen LogP contribution in [0.15, 0.2) is 4.99 Å². The fraction of sp³-hybridized carbons (Fsp3) is 0.500. The van der Waals surface area contributed by atoms with Gasteiger partial charge in [-0.15, -0.1) is 0 Å². The van der Waals surface area contributed by atoms with Crippen molar-refractivity contribution < 1.29 is 11.0 Å². The Bertz CT molecular complexity index is 128. The molecule has 0 aliphatic carbocycles. The Balaban J connectivity index is 3.39. The van der Waals surface area contributed by atoms with Gasteiger partial charge in [-0.1, -0.05) is 0 Å². The summed E-state index contributed by atoms with van der Waals surface area (Å²) >= 11 is 0. The van der Waals surface area contributed by atoms with Crippen LogP contribution >= 0.6 is 0 Å². The molecular formula is C4H5NO2. The van der Waals surface area contributed by atoms with Gasteiger partial charge in [-0.25, -0.2) is 4.79 Å². The molecular weight excluding hydrogens is 94.0 g/mol. The van der Waals surface area contributed by atoms with Gasteiger partial charge in [-0.3, -0.25) is 4.79 Å². The SMILES string of the molecule is [2H]CC(=O)CN=C=O. The average molecular weight is 100 g/mol. The molecule has 0 heterocycles. The predicted molar refractivity (Wildman–Crippen MR) is 23.7 cm³/mol. The first kappa shape index (κ1) is 4.22. The van der Waals surface area contributed by atoms with Gasteiger partial charge in [0.2, 0.25) is 6.08 Å². The Hall–Kier alpha value is -0.950. The molecule has 0 aromatic carbocycles. The molecule has 0 N–H and O–H groups in total. The van der Waals surface area contributed by atoms with E-state index in [2.05, 4.69) is 4.99 Å². The van der Waals surface area contributed by atoms with Crippen LogP contribution in [-0.4, -0.2) is 18.4 Å². The molecule has 0 radical (unpaired) electrons. The molecule has 0 saturated carbocycles. The van der Waals surface area contributed by atoms with Crippen molar-refractivity contribution in [1.82, 2.24) is 0 Å². The predicted octanol–water partition coefficient (Wildman–Crippen LogP) is -0.0888. The third-order valence-corrected chi connectivity index (χ3v) is 0.320. The van der Waals surface area contributed by atoms with Crippen molar-refractivity contribution in [3.05, 3.63) is 0 Å². The first-order valence-corrected chi connectivity index (χ1v) is 1.66. The molecule has 0 unspecified atom stereocenters. The molecule has 0 aliphatic rings. The smallest absolute Gasteiger partial charge is 0.235 e. The fourth-order valence-corrected chi connectivity index (χ4v) is 0.120. The summed E-state index contributed by atoms with van der Waals surface area (Å²) in [7, 11) is 0. The maximum Gasteiger partial charge on any atom is 0.235 e. The molecule has 38 valence electrons. The van der Waals surface area contributed by atoms with E-state index < -0.39 is 0 Å². The van der Waals surface area contributed by atoms with Crippen LogP contribution in [0.5, 0.6) is 0 Å². The Morgan fingerprint density at radius 3 is 3.29 bits per heavy atom. The lowest BCUT2D eigenvalue weighted by Gasteiger charge is -1.74. The van der Waals surface area contributed by atoms with E-state index >= 15 is 0 Å². The quantitative estimate of drug-likeness (QED) is 0.359. The van der Waals surface area contributed by atoms with Crippen molar-refractivity contribution in [3.63, 3.8) is 0 Å².